The first kappa shape index (κ1) is 31.4. The number of carbonyl (C=O) groups excluding carboxylic acids is 3. The number of aromatic amines is 2. The third kappa shape index (κ3) is 5.89. The highest BCUT2D eigenvalue weighted by Gasteiger charge is 2.35. The fourth-order valence-corrected chi connectivity index (χ4v) is 7.09. The molecule has 11 heteroatoms. The number of methoxy groups -OCH3 is 1. The van der Waals surface area contributed by atoms with E-state index in [1.54, 1.807) is 11.8 Å². The number of likely N-dealkylation sites (tertiary alicyclic amines) is 2. The molecule has 3 aromatic carbocycles. The summed E-state index contributed by atoms with van der Waals surface area (Å²) >= 11 is 0. The van der Waals surface area contributed by atoms with Gasteiger partial charge in [0.25, 0.3) is 0 Å². The summed E-state index contributed by atoms with van der Waals surface area (Å²) in [5.74, 6) is 1.60. The van der Waals surface area contributed by atoms with Crippen molar-refractivity contribution in [1.29, 1.82) is 0 Å². The van der Waals surface area contributed by atoms with Gasteiger partial charge in [-0.2, -0.15) is 0 Å². The smallest absolute Gasteiger partial charge is 0.407 e. The maximum absolute atomic E-state index is 13.1. The van der Waals surface area contributed by atoms with Crippen LogP contribution in [0.15, 0.2) is 60.7 Å². The van der Waals surface area contributed by atoms with Crippen molar-refractivity contribution < 1.29 is 19.1 Å². The van der Waals surface area contributed by atoms with Crippen LogP contribution in [0.4, 0.5) is 4.79 Å². The SMILES string of the molecule is COC(=O)N[C@@H](C)C(=O)N1CCC[C@H]1c1nc2cc(-c3ccc(-c4ccc5[nH]c([C@@H]6CCCN6C(=O)C(C)C)nc5c4)cc3)ccc2[nH]1. The van der Waals surface area contributed by atoms with Crippen molar-refractivity contribution in [2.75, 3.05) is 20.2 Å². The van der Waals surface area contributed by atoms with Gasteiger partial charge in [-0.1, -0.05) is 50.2 Å². The Morgan fingerprint density at radius 3 is 1.65 bits per heavy atom. The Kier molecular flexibility index (Phi) is 8.36. The van der Waals surface area contributed by atoms with E-state index in [0.29, 0.717) is 6.54 Å². The Bertz CT molecular complexity index is 2000. The number of alkyl carbamates (subject to hydrolysis) is 1. The van der Waals surface area contributed by atoms with Crippen LogP contribution in [0, 0.1) is 5.92 Å². The number of ether oxygens (including phenoxy) is 1. The minimum atomic E-state index is -0.694. The van der Waals surface area contributed by atoms with Gasteiger partial charge in [0, 0.05) is 19.0 Å². The number of amides is 3. The number of fused-ring (bicyclic) bond motifs is 2. The maximum atomic E-state index is 13.1. The molecule has 2 aromatic heterocycles. The lowest BCUT2D eigenvalue weighted by molar-refractivity contribution is -0.135. The third-order valence-corrected chi connectivity index (χ3v) is 9.64. The predicted molar refractivity (Wildman–Crippen MR) is 184 cm³/mol. The molecule has 0 aliphatic carbocycles. The monoisotopic (exact) mass is 647 g/mol. The van der Waals surface area contributed by atoms with Gasteiger partial charge in [0.2, 0.25) is 11.8 Å². The summed E-state index contributed by atoms with van der Waals surface area (Å²) in [5, 5.41) is 2.57. The van der Waals surface area contributed by atoms with Gasteiger partial charge in [-0.15, -0.1) is 0 Å². The highest BCUT2D eigenvalue weighted by Crippen LogP contribution is 2.35. The molecule has 4 heterocycles. The predicted octanol–water partition coefficient (Wildman–Crippen LogP) is 6.50. The van der Waals surface area contributed by atoms with Gasteiger partial charge in [0.05, 0.1) is 41.3 Å². The van der Waals surface area contributed by atoms with Crippen LogP contribution in [-0.2, 0) is 14.3 Å². The molecule has 3 amide bonds. The summed E-state index contributed by atoms with van der Waals surface area (Å²) in [5.41, 5.74) is 7.90. The highest BCUT2D eigenvalue weighted by molar-refractivity contribution is 5.87. The molecular formula is C37H41N7O4. The topological polar surface area (TPSA) is 136 Å². The highest BCUT2D eigenvalue weighted by atomic mass is 16.5. The molecule has 0 saturated carbocycles. The Labute approximate surface area is 279 Å². The molecule has 3 atom stereocenters. The number of imidazole rings is 2. The molecule has 2 aliphatic rings. The van der Waals surface area contributed by atoms with Crippen LogP contribution in [0.5, 0.6) is 0 Å². The molecule has 11 nitrogen and oxygen atoms in total. The van der Waals surface area contributed by atoms with Gasteiger partial charge < -0.3 is 29.8 Å². The van der Waals surface area contributed by atoms with Gasteiger partial charge >= 0.3 is 6.09 Å². The van der Waals surface area contributed by atoms with E-state index < -0.39 is 12.1 Å². The molecule has 0 unspecified atom stereocenters. The van der Waals surface area contributed by atoms with Gasteiger partial charge in [-0.05, 0) is 79.1 Å². The second-order valence-corrected chi connectivity index (χ2v) is 13.2. The van der Waals surface area contributed by atoms with Crippen molar-refractivity contribution in [3.05, 3.63) is 72.3 Å². The Morgan fingerprint density at radius 1 is 0.729 bits per heavy atom. The van der Waals surface area contributed by atoms with Crippen LogP contribution < -0.4 is 5.32 Å². The van der Waals surface area contributed by atoms with Crippen molar-refractivity contribution in [3.8, 4) is 22.3 Å². The first-order valence-corrected chi connectivity index (χ1v) is 16.8. The average molecular weight is 648 g/mol. The summed E-state index contributed by atoms with van der Waals surface area (Å²) in [6, 6.07) is 20.0. The van der Waals surface area contributed by atoms with E-state index in [1.165, 1.54) is 7.11 Å². The van der Waals surface area contributed by atoms with Crippen molar-refractivity contribution in [2.45, 2.75) is 64.6 Å². The molecule has 2 saturated heterocycles. The number of nitrogens with zero attached hydrogens (tertiary/aromatic N) is 4. The fraction of sp³-hybridized carbons (Fsp3) is 0.378. The first-order chi connectivity index (χ1) is 23.2. The van der Waals surface area contributed by atoms with Crippen LogP contribution in [0.25, 0.3) is 44.3 Å². The Morgan fingerprint density at radius 2 is 1.19 bits per heavy atom. The molecule has 48 heavy (non-hydrogen) atoms. The van der Waals surface area contributed by atoms with Crippen LogP contribution >= 0.6 is 0 Å². The minimum Gasteiger partial charge on any atom is -0.453 e. The van der Waals surface area contributed by atoms with Crippen LogP contribution in [-0.4, -0.2) is 73.9 Å². The average Bonchev–Trinajstić information content (AvgIpc) is 3.91. The van der Waals surface area contributed by atoms with E-state index in [0.717, 1.165) is 88.2 Å². The molecule has 248 valence electrons. The first-order valence-electron chi connectivity index (χ1n) is 16.8. The third-order valence-electron chi connectivity index (χ3n) is 9.64. The summed E-state index contributed by atoms with van der Waals surface area (Å²) in [4.78, 5) is 58.1. The zero-order chi connectivity index (χ0) is 33.5. The molecule has 7 rings (SSSR count). The zero-order valence-corrected chi connectivity index (χ0v) is 27.7. The molecule has 5 aromatic rings. The second-order valence-electron chi connectivity index (χ2n) is 13.2. The van der Waals surface area contributed by atoms with Gasteiger partial charge in [-0.25, -0.2) is 14.8 Å². The lowest BCUT2D eigenvalue weighted by atomic mass is 10.00. The van der Waals surface area contributed by atoms with Gasteiger partial charge in [-0.3, -0.25) is 9.59 Å². The molecule has 3 N–H and O–H groups in total. The van der Waals surface area contributed by atoms with Crippen LogP contribution in [0.1, 0.15) is 70.2 Å². The van der Waals surface area contributed by atoms with E-state index >= 15 is 0 Å². The number of aromatic nitrogens is 4. The lowest BCUT2D eigenvalue weighted by Crippen LogP contribution is -2.46. The normalized spacial score (nSPS) is 18.6. The molecule has 0 radical (unpaired) electrons. The largest absolute Gasteiger partial charge is 0.453 e. The molecule has 0 bridgehead atoms. The summed E-state index contributed by atoms with van der Waals surface area (Å²) in [6.07, 6.45) is 2.95. The lowest BCUT2D eigenvalue weighted by Gasteiger charge is -2.26. The zero-order valence-electron chi connectivity index (χ0n) is 27.7. The standard InChI is InChI=1S/C37H41N7O4/c1-21(2)35(45)43-17-5-7-31(43)33-39-27-15-13-25(19-29(27)41-33)23-9-11-24(12-10-23)26-14-16-28-30(20-26)42-34(40-28)32-8-6-18-44(32)36(46)22(3)38-37(47)48-4/h9-16,19-22,31-32H,5-8,17-18H2,1-4H3,(H,38,47)(H,39,41)(H,40,42)/t22-,31-,32-/m0/s1. The number of nitrogens with one attached hydrogen (secondary N) is 3. The molecular weight excluding hydrogens is 606 g/mol. The number of benzene rings is 3. The summed E-state index contributed by atoms with van der Waals surface area (Å²) < 4.78 is 4.66. The number of hydrogen-bond donors (Lipinski definition) is 3. The summed E-state index contributed by atoms with van der Waals surface area (Å²) in [7, 11) is 1.28. The van der Waals surface area contributed by atoms with Gasteiger partial charge in [0.15, 0.2) is 0 Å². The van der Waals surface area contributed by atoms with Crippen LogP contribution in [0.2, 0.25) is 0 Å². The Balaban J connectivity index is 1.08. The number of hydrogen-bond acceptors (Lipinski definition) is 6. The van der Waals surface area contributed by atoms with Crippen molar-refractivity contribution >= 4 is 40.0 Å². The fourth-order valence-electron chi connectivity index (χ4n) is 7.09. The maximum Gasteiger partial charge on any atom is 0.407 e. The summed E-state index contributed by atoms with van der Waals surface area (Å²) in [6.45, 7) is 6.95. The number of carbonyl (C=O) groups is 3. The van der Waals surface area contributed by atoms with Gasteiger partial charge in [0.1, 0.15) is 17.7 Å². The minimum absolute atomic E-state index is 0.00315. The molecule has 0 spiro atoms. The van der Waals surface area contributed by atoms with Crippen molar-refractivity contribution in [1.82, 2.24) is 35.1 Å². The number of rotatable bonds is 7. The molecule has 2 aliphatic heterocycles. The second kappa shape index (κ2) is 12.8. The van der Waals surface area contributed by atoms with E-state index in [-0.39, 0.29) is 29.8 Å². The van der Waals surface area contributed by atoms with E-state index in [9.17, 15) is 14.4 Å². The quantitative estimate of drug-likeness (QED) is 0.185. The van der Waals surface area contributed by atoms with E-state index in [4.69, 9.17) is 9.97 Å². The van der Waals surface area contributed by atoms with E-state index in [2.05, 4.69) is 74.6 Å². The van der Waals surface area contributed by atoms with E-state index in [1.807, 2.05) is 24.8 Å². The van der Waals surface area contributed by atoms with Crippen LogP contribution in [0.3, 0.4) is 0 Å². The van der Waals surface area contributed by atoms with Crippen molar-refractivity contribution in [2.24, 2.45) is 5.92 Å². The van der Waals surface area contributed by atoms with Crippen molar-refractivity contribution in [3.63, 3.8) is 0 Å². The number of H-pyrrole nitrogens is 2. The Hall–Kier alpha value is -5.19. The molecule has 2 fully saturated rings.